The average molecular weight is 349 g/mol. The van der Waals surface area contributed by atoms with Gasteiger partial charge in [-0.3, -0.25) is 14.5 Å². The molecule has 1 aliphatic heterocycles. The molecule has 2 amide bonds. The number of nitrogens with zero attached hydrogens (tertiary/aromatic N) is 1. The van der Waals surface area contributed by atoms with Gasteiger partial charge in [0, 0.05) is 25.7 Å². The van der Waals surface area contributed by atoms with E-state index in [1.807, 2.05) is 17.0 Å². The zero-order valence-corrected chi connectivity index (χ0v) is 14.6. The smallest absolute Gasteiger partial charge is 0.234 e. The lowest BCUT2D eigenvalue weighted by Gasteiger charge is -2.24. The van der Waals surface area contributed by atoms with Crippen molar-refractivity contribution in [3.05, 3.63) is 29.8 Å². The van der Waals surface area contributed by atoms with Crippen molar-refractivity contribution in [1.82, 2.24) is 10.2 Å². The van der Waals surface area contributed by atoms with Crippen LogP contribution in [0.3, 0.4) is 0 Å². The summed E-state index contributed by atoms with van der Waals surface area (Å²) in [4.78, 5) is 25.1. The molecule has 138 valence electrons. The summed E-state index contributed by atoms with van der Waals surface area (Å²) < 4.78 is 0. The molecule has 0 bridgehead atoms. The number of anilines is 1. The van der Waals surface area contributed by atoms with E-state index >= 15 is 0 Å². The number of likely N-dealkylation sites (tertiary alicyclic amines) is 1. The number of rotatable bonds is 6. The molecule has 0 aliphatic carbocycles. The first-order chi connectivity index (χ1) is 11.9. The van der Waals surface area contributed by atoms with Crippen LogP contribution in [0.1, 0.15) is 31.7 Å². The summed E-state index contributed by atoms with van der Waals surface area (Å²) in [7, 11) is 0. The molecule has 7 heteroatoms. The SMILES string of the molecule is CC(=O)Nc1ccc(CNC(=O)CN2CCC[C@@](O)(CO)CC2)cc1. The Hall–Kier alpha value is -1.96. The molecule has 1 fully saturated rings. The number of carbonyl (C=O) groups is 2. The molecule has 25 heavy (non-hydrogen) atoms. The fourth-order valence-electron chi connectivity index (χ4n) is 2.92. The van der Waals surface area contributed by atoms with Gasteiger partial charge in [0.2, 0.25) is 11.8 Å². The molecular formula is C18H27N3O4. The van der Waals surface area contributed by atoms with E-state index in [0.29, 0.717) is 25.9 Å². The summed E-state index contributed by atoms with van der Waals surface area (Å²) in [6.45, 7) is 3.26. The zero-order chi connectivity index (χ0) is 18.3. The first-order valence-corrected chi connectivity index (χ1v) is 8.59. The molecule has 2 rings (SSSR count). The van der Waals surface area contributed by atoms with Gasteiger partial charge in [0.1, 0.15) is 0 Å². The van der Waals surface area contributed by atoms with Crippen LogP contribution < -0.4 is 10.6 Å². The predicted octanol–water partition coefficient (Wildman–Crippen LogP) is 0.471. The van der Waals surface area contributed by atoms with Crippen LogP contribution in [0.5, 0.6) is 0 Å². The van der Waals surface area contributed by atoms with Gasteiger partial charge in [0.05, 0.1) is 18.8 Å². The molecule has 0 saturated carbocycles. The van der Waals surface area contributed by atoms with Crippen molar-refractivity contribution < 1.29 is 19.8 Å². The topological polar surface area (TPSA) is 102 Å². The third-order valence-corrected chi connectivity index (χ3v) is 4.44. The molecule has 1 aliphatic rings. The van der Waals surface area contributed by atoms with E-state index in [1.165, 1.54) is 6.92 Å². The molecule has 1 heterocycles. The second-order valence-electron chi connectivity index (χ2n) is 6.67. The zero-order valence-electron chi connectivity index (χ0n) is 14.6. The van der Waals surface area contributed by atoms with Gasteiger partial charge in [-0.05, 0) is 43.5 Å². The first-order valence-electron chi connectivity index (χ1n) is 8.59. The van der Waals surface area contributed by atoms with Gasteiger partial charge >= 0.3 is 0 Å². The number of carbonyl (C=O) groups excluding carboxylic acids is 2. The first kappa shape index (κ1) is 19.4. The largest absolute Gasteiger partial charge is 0.393 e. The Balaban J connectivity index is 1.76. The number of amides is 2. The van der Waals surface area contributed by atoms with Gasteiger partial charge < -0.3 is 20.8 Å². The van der Waals surface area contributed by atoms with Crippen molar-refractivity contribution in [3.63, 3.8) is 0 Å². The number of hydrogen-bond donors (Lipinski definition) is 4. The fraction of sp³-hybridized carbons (Fsp3) is 0.556. The minimum atomic E-state index is -1.01. The number of hydrogen-bond acceptors (Lipinski definition) is 5. The quantitative estimate of drug-likeness (QED) is 0.598. The molecule has 0 unspecified atom stereocenters. The molecule has 1 aromatic carbocycles. The molecule has 0 spiro atoms. The number of aliphatic hydroxyl groups excluding tert-OH is 1. The Morgan fingerprint density at radius 1 is 1.20 bits per heavy atom. The third kappa shape index (κ3) is 6.45. The summed E-state index contributed by atoms with van der Waals surface area (Å²) in [5, 5.41) is 25.0. The Morgan fingerprint density at radius 3 is 2.56 bits per heavy atom. The van der Waals surface area contributed by atoms with Crippen molar-refractivity contribution in [2.45, 2.75) is 38.3 Å². The van der Waals surface area contributed by atoms with E-state index in [1.54, 1.807) is 12.1 Å². The lowest BCUT2D eigenvalue weighted by atomic mass is 9.96. The molecule has 1 atom stereocenters. The molecule has 4 N–H and O–H groups in total. The summed E-state index contributed by atoms with van der Waals surface area (Å²) in [5.74, 6) is -0.188. The normalized spacial score (nSPS) is 21.4. The molecule has 0 aromatic heterocycles. The second-order valence-corrected chi connectivity index (χ2v) is 6.67. The molecule has 7 nitrogen and oxygen atoms in total. The van der Waals surface area contributed by atoms with Gasteiger partial charge in [-0.15, -0.1) is 0 Å². The highest BCUT2D eigenvalue weighted by molar-refractivity contribution is 5.88. The van der Waals surface area contributed by atoms with Crippen LogP contribution in [0.2, 0.25) is 0 Å². The lowest BCUT2D eigenvalue weighted by molar-refractivity contribution is -0.122. The minimum absolute atomic E-state index is 0.0691. The minimum Gasteiger partial charge on any atom is -0.393 e. The Bertz CT molecular complexity index is 590. The van der Waals surface area contributed by atoms with Crippen molar-refractivity contribution in [2.24, 2.45) is 0 Å². The number of nitrogens with one attached hydrogen (secondary N) is 2. The summed E-state index contributed by atoms with van der Waals surface area (Å²) in [5.41, 5.74) is 0.664. The summed E-state index contributed by atoms with van der Waals surface area (Å²) in [6.07, 6.45) is 1.79. The highest BCUT2D eigenvalue weighted by Crippen LogP contribution is 2.21. The van der Waals surface area contributed by atoms with Gasteiger partial charge in [0.15, 0.2) is 0 Å². The predicted molar refractivity (Wildman–Crippen MR) is 94.9 cm³/mol. The molecule has 0 radical (unpaired) electrons. The van der Waals surface area contributed by atoms with E-state index < -0.39 is 5.60 Å². The fourth-order valence-corrected chi connectivity index (χ4v) is 2.92. The van der Waals surface area contributed by atoms with E-state index in [2.05, 4.69) is 10.6 Å². The maximum atomic E-state index is 12.1. The Morgan fingerprint density at radius 2 is 1.92 bits per heavy atom. The van der Waals surface area contributed by atoms with E-state index in [-0.39, 0.29) is 25.0 Å². The van der Waals surface area contributed by atoms with E-state index in [0.717, 1.165) is 24.2 Å². The number of benzene rings is 1. The summed E-state index contributed by atoms with van der Waals surface area (Å²) in [6, 6.07) is 7.32. The van der Waals surface area contributed by atoms with Crippen molar-refractivity contribution in [3.8, 4) is 0 Å². The van der Waals surface area contributed by atoms with E-state index in [4.69, 9.17) is 0 Å². The molecule has 1 aromatic rings. The maximum Gasteiger partial charge on any atom is 0.234 e. The van der Waals surface area contributed by atoms with Crippen molar-refractivity contribution in [1.29, 1.82) is 0 Å². The average Bonchev–Trinajstić information content (AvgIpc) is 2.76. The monoisotopic (exact) mass is 349 g/mol. The van der Waals surface area contributed by atoms with Gasteiger partial charge in [-0.25, -0.2) is 0 Å². The van der Waals surface area contributed by atoms with Crippen LogP contribution in [0.25, 0.3) is 0 Å². The van der Waals surface area contributed by atoms with Crippen LogP contribution in [0, 0.1) is 0 Å². The highest BCUT2D eigenvalue weighted by atomic mass is 16.3. The molecule has 1 saturated heterocycles. The van der Waals surface area contributed by atoms with Crippen LogP contribution in [-0.2, 0) is 16.1 Å². The highest BCUT2D eigenvalue weighted by Gasteiger charge is 2.29. The van der Waals surface area contributed by atoms with Crippen LogP contribution >= 0.6 is 0 Å². The van der Waals surface area contributed by atoms with Crippen LogP contribution in [-0.4, -0.2) is 58.8 Å². The van der Waals surface area contributed by atoms with Crippen molar-refractivity contribution >= 4 is 17.5 Å². The second kappa shape index (κ2) is 8.94. The lowest BCUT2D eigenvalue weighted by Crippen LogP contribution is -2.39. The van der Waals surface area contributed by atoms with Gasteiger partial charge in [0.25, 0.3) is 0 Å². The third-order valence-electron chi connectivity index (χ3n) is 4.44. The molecular weight excluding hydrogens is 322 g/mol. The van der Waals surface area contributed by atoms with Gasteiger partial charge in [-0.1, -0.05) is 12.1 Å². The van der Waals surface area contributed by atoms with Crippen LogP contribution in [0.15, 0.2) is 24.3 Å². The van der Waals surface area contributed by atoms with E-state index in [9.17, 15) is 19.8 Å². The maximum absolute atomic E-state index is 12.1. The Labute approximate surface area is 148 Å². The summed E-state index contributed by atoms with van der Waals surface area (Å²) >= 11 is 0. The van der Waals surface area contributed by atoms with Crippen LogP contribution in [0.4, 0.5) is 5.69 Å². The standard InChI is InChI=1S/C18H27N3O4/c1-14(23)20-16-5-3-15(4-6-16)11-19-17(24)12-21-9-2-7-18(25,13-22)8-10-21/h3-6,22,25H,2,7-13H2,1H3,(H,19,24)(H,20,23)/t18-/m0/s1. The number of aliphatic hydroxyl groups is 2. The Kier molecular flexibility index (Phi) is 6.92. The van der Waals surface area contributed by atoms with Crippen molar-refractivity contribution in [2.75, 3.05) is 31.6 Å². The van der Waals surface area contributed by atoms with Gasteiger partial charge in [-0.2, -0.15) is 0 Å².